The average Bonchev–Trinajstić information content (AvgIpc) is 3.19. The maximum absolute atomic E-state index is 11.4. The third kappa shape index (κ3) is 41.5. The summed E-state index contributed by atoms with van der Waals surface area (Å²) in [6.45, 7) is 26.3. The Morgan fingerprint density at radius 1 is 0.379 bits per heavy atom. The first-order valence-corrected chi connectivity index (χ1v) is 27.3. The van der Waals surface area contributed by atoms with E-state index in [1.165, 1.54) is 74.6 Å². The monoisotopic (exact) mass is 959 g/mol. The van der Waals surface area contributed by atoms with Crippen LogP contribution in [-0.4, -0.2) is 26.1 Å². The maximum atomic E-state index is 11.4. The Hall–Kier alpha value is -2.68. The van der Waals surface area contributed by atoms with Crippen LogP contribution in [0.2, 0.25) is 0 Å². The number of phosphoric acid groups is 2. The summed E-state index contributed by atoms with van der Waals surface area (Å²) in [5, 5.41) is 9.80. The number of hydrogen-bond acceptors (Lipinski definition) is 6. The summed E-state index contributed by atoms with van der Waals surface area (Å²) in [4.78, 5) is 30.7. The van der Waals surface area contributed by atoms with Crippen LogP contribution in [-0.2, 0) is 23.0 Å². The Balaban J connectivity index is 4.35. The van der Waals surface area contributed by atoms with Crippen LogP contribution in [0.25, 0.3) is 0 Å². The topological polar surface area (TPSA) is 143 Å². The summed E-state index contributed by atoms with van der Waals surface area (Å²) in [7, 11) is -10.5. The smallest absolute Gasteiger partial charge is 0.362 e. The molecule has 0 radical (unpaired) electrons. The Morgan fingerprint density at radius 2 is 0.591 bits per heavy atom. The molecule has 4 N–H and O–H groups in total. The molecule has 0 rings (SSSR count). The maximum Gasteiger partial charge on any atom is 0.508 e. The SMILES string of the molecule is CC(C)=CCC/C(C)=C/CC/C(C)=C/CC/C(C)=C/CC/C(C)=C/CC/C(C)=C/CC/C(C)=C/CC/C(C)=C/CC/C(C)=C/CC/C(C)=C/CC/C(C)=C/C(O)OOP(=O)(O)OP(=O)(O)O. The van der Waals surface area contributed by atoms with Crippen molar-refractivity contribution in [2.45, 2.75) is 218 Å². The molecule has 0 saturated heterocycles. The van der Waals surface area contributed by atoms with Crippen LogP contribution >= 0.6 is 15.6 Å². The predicted molar refractivity (Wildman–Crippen MR) is 280 cm³/mol. The van der Waals surface area contributed by atoms with E-state index in [-0.39, 0.29) is 0 Å². The Labute approximate surface area is 402 Å². The van der Waals surface area contributed by atoms with Gasteiger partial charge in [0.05, 0.1) is 0 Å². The van der Waals surface area contributed by atoms with Gasteiger partial charge >= 0.3 is 15.6 Å². The van der Waals surface area contributed by atoms with Crippen molar-refractivity contribution in [3.05, 3.63) is 128 Å². The van der Waals surface area contributed by atoms with Crippen molar-refractivity contribution >= 4 is 15.6 Å². The highest BCUT2D eigenvalue weighted by Gasteiger charge is 2.34. The van der Waals surface area contributed by atoms with Crippen LogP contribution in [0, 0.1) is 0 Å². The fraction of sp³-hybridized carbons (Fsp3) is 0.600. The number of hydrogen-bond donors (Lipinski definition) is 4. The summed E-state index contributed by atoms with van der Waals surface area (Å²) < 4.78 is 29.6. The largest absolute Gasteiger partial charge is 0.508 e. The van der Waals surface area contributed by atoms with Crippen molar-refractivity contribution in [1.82, 2.24) is 0 Å². The molecule has 0 aliphatic carbocycles. The zero-order valence-corrected chi connectivity index (χ0v) is 45.1. The van der Waals surface area contributed by atoms with Gasteiger partial charge in [-0.05, 0) is 218 Å². The van der Waals surface area contributed by atoms with Gasteiger partial charge < -0.3 is 19.8 Å². The number of allylic oxidation sites excluding steroid dienone is 21. The minimum Gasteiger partial charge on any atom is -0.362 e. The van der Waals surface area contributed by atoms with Gasteiger partial charge in [-0.15, -0.1) is 4.67 Å². The highest BCUT2D eigenvalue weighted by atomic mass is 31.3. The molecule has 0 bridgehead atoms. The predicted octanol–water partition coefficient (Wildman–Crippen LogP) is 17.7. The number of aliphatic hydroxyl groups excluding tert-OH is 1. The van der Waals surface area contributed by atoms with E-state index in [0.29, 0.717) is 6.42 Å². The molecule has 0 heterocycles. The van der Waals surface area contributed by atoms with Gasteiger partial charge in [0.25, 0.3) is 0 Å². The quantitative estimate of drug-likeness (QED) is 0.0159. The molecule has 0 aliphatic heterocycles. The lowest BCUT2D eigenvalue weighted by molar-refractivity contribution is -0.297. The van der Waals surface area contributed by atoms with Crippen LogP contribution in [0.1, 0.15) is 212 Å². The summed E-state index contributed by atoms with van der Waals surface area (Å²) in [6, 6.07) is 0. The Kier molecular flexibility index (Phi) is 35.7. The molecule has 2 unspecified atom stereocenters. The molecule has 0 amide bonds. The van der Waals surface area contributed by atoms with Crippen LogP contribution in [0.5, 0.6) is 0 Å². The highest BCUT2D eigenvalue weighted by molar-refractivity contribution is 7.60. The summed E-state index contributed by atoms with van der Waals surface area (Å²) in [5.74, 6) is 0. The van der Waals surface area contributed by atoms with Gasteiger partial charge in [-0.3, -0.25) is 0 Å². The lowest BCUT2D eigenvalue weighted by Gasteiger charge is -2.13. The van der Waals surface area contributed by atoms with Crippen molar-refractivity contribution in [3.63, 3.8) is 0 Å². The van der Waals surface area contributed by atoms with Gasteiger partial charge in [0.2, 0.25) is 6.29 Å². The average molecular weight is 959 g/mol. The molecule has 66 heavy (non-hydrogen) atoms. The van der Waals surface area contributed by atoms with E-state index in [4.69, 9.17) is 9.79 Å². The molecule has 0 aromatic carbocycles. The molecule has 0 aromatic heterocycles. The van der Waals surface area contributed by atoms with Gasteiger partial charge in [0.15, 0.2) is 0 Å². The van der Waals surface area contributed by atoms with Crippen LogP contribution in [0.3, 0.4) is 0 Å². The van der Waals surface area contributed by atoms with E-state index >= 15 is 0 Å². The molecule has 2 atom stereocenters. The molecule has 0 aromatic rings. The molecule has 0 saturated carbocycles. The first-order valence-electron chi connectivity index (χ1n) is 24.3. The Morgan fingerprint density at radius 3 is 0.803 bits per heavy atom. The van der Waals surface area contributed by atoms with Crippen molar-refractivity contribution in [3.8, 4) is 0 Å². The van der Waals surface area contributed by atoms with Crippen molar-refractivity contribution in [2.24, 2.45) is 0 Å². The summed E-state index contributed by atoms with van der Waals surface area (Å²) >= 11 is 0. The van der Waals surface area contributed by atoms with Crippen molar-refractivity contribution in [1.29, 1.82) is 0 Å². The zero-order chi connectivity index (χ0) is 50.0. The fourth-order valence-corrected chi connectivity index (χ4v) is 8.41. The van der Waals surface area contributed by atoms with Crippen LogP contribution in [0.15, 0.2) is 128 Å². The molecule has 376 valence electrons. The number of rotatable bonds is 36. The second-order valence-electron chi connectivity index (χ2n) is 18.7. The first kappa shape index (κ1) is 63.3. The van der Waals surface area contributed by atoms with E-state index in [0.717, 1.165) is 115 Å². The molecule has 0 aliphatic rings. The minimum atomic E-state index is -5.28. The second kappa shape index (κ2) is 37.2. The third-order valence-corrected chi connectivity index (χ3v) is 13.2. The lowest BCUT2D eigenvalue weighted by Crippen LogP contribution is -2.09. The lowest BCUT2D eigenvalue weighted by atomic mass is 10.0. The normalized spacial score (nSPS) is 16.2. The summed E-state index contributed by atoms with van der Waals surface area (Å²) in [5.41, 5.74) is 15.2. The molecule has 0 fully saturated rings. The van der Waals surface area contributed by atoms with E-state index in [9.17, 15) is 19.1 Å². The second-order valence-corrected chi connectivity index (χ2v) is 21.5. The van der Waals surface area contributed by atoms with Gasteiger partial charge in [-0.1, -0.05) is 122 Å². The van der Waals surface area contributed by atoms with Crippen molar-refractivity contribution < 1.29 is 42.8 Å². The van der Waals surface area contributed by atoms with Crippen LogP contribution < -0.4 is 0 Å². The van der Waals surface area contributed by atoms with Gasteiger partial charge in [-0.25, -0.2) is 9.13 Å². The van der Waals surface area contributed by atoms with Gasteiger partial charge in [0, 0.05) is 0 Å². The molecule has 11 heteroatoms. The van der Waals surface area contributed by atoms with Crippen LogP contribution in [0.4, 0.5) is 0 Å². The summed E-state index contributed by atoms with van der Waals surface area (Å²) in [6.07, 6.45) is 44.6. The minimum absolute atomic E-state index is 0.605. The van der Waals surface area contributed by atoms with E-state index in [2.05, 4.69) is 151 Å². The van der Waals surface area contributed by atoms with Crippen molar-refractivity contribution in [2.75, 3.05) is 0 Å². The van der Waals surface area contributed by atoms with Gasteiger partial charge in [-0.2, -0.15) is 9.20 Å². The number of aliphatic hydroxyl groups is 1. The highest BCUT2D eigenvalue weighted by Crippen LogP contribution is 2.57. The zero-order valence-electron chi connectivity index (χ0n) is 43.3. The third-order valence-electron chi connectivity index (χ3n) is 11.2. The van der Waals surface area contributed by atoms with E-state index < -0.39 is 21.9 Å². The standard InChI is InChI=1S/C55H92O9P2/c1-44(2)23-13-24-45(3)25-14-26-46(4)27-15-28-47(5)29-16-30-48(6)31-17-32-49(7)33-18-34-50(8)35-19-36-51(9)37-20-38-52(10)39-21-40-53(11)41-22-42-54(12)43-55(56)62-63-66(60,61)64-65(57,58)59/h23,25,27,29,31,33,35,37,39,41,43,55-56H,13-22,24,26,28,30,32,34,36,38,40,42H2,1-12H3,(H,60,61)(H2,57,58,59)/b45-25+,46-27+,47-29+,48-31+,49-33+,50-35+,51-37+,52-39+,53-41+,54-43+. The first-order chi connectivity index (χ1) is 31.0. The Bertz CT molecular complexity index is 1860. The molecule has 0 spiro atoms. The molecule has 9 nitrogen and oxygen atoms in total. The molecular formula is C55H92O9P2. The van der Waals surface area contributed by atoms with Gasteiger partial charge in [0.1, 0.15) is 0 Å². The fourth-order valence-electron chi connectivity index (χ4n) is 7.02. The van der Waals surface area contributed by atoms with E-state index in [1.807, 2.05) is 0 Å². The van der Waals surface area contributed by atoms with E-state index in [1.54, 1.807) is 6.92 Å². The molecular weight excluding hydrogens is 867 g/mol.